The Hall–Kier alpha value is -1.22. The van der Waals surface area contributed by atoms with Crippen molar-refractivity contribution >= 4 is 0 Å². The minimum absolute atomic E-state index is 0.233. The van der Waals surface area contributed by atoms with Gasteiger partial charge in [0.1, 0.15) is 0 Å². The summed E-state index contributed by atoms with van der Waals surface area (Å²) in [4.78, 5) is 0. The van der Waals surface area contributed by atoms with Gasteiger partial charge in [-0.3, -0.25) is 0 Å². The van der Waals surface area contributed by atoms with Crippen molar-refractivity contribution in [2.24, 2.45) is 0 Å². The van der Waals surface area contributed by atoms with Gasteiger partial charge in [-0.15, -0.1) is 5.92 Å². The lowest BCUT2D eigenvalue weighted by Crippen LogP contribution is -2.10. The molecule has 1 radical (unpaired) electrons. The standard InChI is InChI=1S/C14H17/c1-5-6-7-12-8-10-13(11-9-12)14(2,3)4/h8-11H,1,7H2,2-4H3. The van der Waals surface area contributed by atoms with Crippen LogP contribution in [0.5, 0.6) is 0 Å². The fourth-order valence-corrected chi connectivity index (χ4v) is 1.29. The Morgan fingerprint density at radius 2 is 1.71 bits per heavy atom. The highest BCUT2D eigenvalue weighted by Crippen LogP contribution is 2.22. The number of hydrogen-bond donors (Lipinski definition) is 0. The van der Waals surface area contributed by atoms with E-state index in [-0.39, 0.29) is 5.41 Å². The largest absolute Gasteiger partial charge is 0.102 e. The molecule has 0 heterocycles. The summed E-state index contributed by atoms with van der Waals surface area (Å²) in [6, 6.07) is 8.65. The summed E-state index contributed by atoms with van der Waals surface area (Å²) in [5, 5.41) is 0. The van der Waals surface area contributed by atoms with Gasteiger partial charge in [-0.1, -0.05) is 51.0 Å². The summed E-state index contributed by atoms with van der Waals surface area (Å²) < 4.78 is 0. The molecule has 0 saturated heterocycles. The Bertz CT molecular complexity index is 338. The Balaban J connectivity index is 2.82. The first-order valence-corrected chi connectivity index (χ1v) is 4.88. The molecule has 0 unspecified atom stereocenters. The van der Waals surface area contributed by atoms with Crippen LogP contribution < -0.4 is 0 Å². The lowest BCUT2D eigenvalue weighted by atomic mass is 9.86. The van der Waals surface area contributed by atoms with Gasteiger partial charge in [-0.05, 0) is 16.5 Å². The minimum atomic E-state index is 0.233. The molecule has 0 fully saturated rings. The Labute approximate surface area is 87.4 Å². The molecule has 0 aliphatic heterocycles. The van der Waals surface area contributed by atoms with Crippen LogP contribution in [0, 0.1) is 18.8 Å². The molecular weight excluding hydrogens is 168 g/mol. The molecule has 0 aromatic heterocycles. The Kier molecular flexibility index (Phi) is 3.36. The predicted octanol–water partition coefficient (Wildman–Crippen LogP) is 3.36. The summed E-state index contributed by atoms with van der Waals surface area (Å²) in [5.41, 5.74) is 2.86. The van der Waals surface area contributed by atoms with Crippen molar-refractivity contribution in [2.75, 3.05) is 0 Å². The first-order valence-electron chi connectivity index (χ1n) is 4.88. The van der Waals surface area contributed by atoms with E-state index in [2.05, 4.69) is 63.8 Å². The highest BCUT2D eigenvalue weighted by Gasteiger charge is 2.12. The van der Waals surface area contributed by atoms with Gasteiger partial charge in [-0.25, -0.2) is 0 Å². The SMILES string of the molecule is [CH2]C#CCc1ccc(C(C)(C)C)cc1. The molecule has 0 aliphatic rings. The van der Waals surface area contributed by atoms with Crippen LogP contribution >= 0.6 is 0 Å². The topological polar surface area (TPSA) is 0 Å². The molecule has 0 aliphatic carbocycles. The van der Waals surface area contributed by atoms with Crippen LogP contribution in [0.2, 0.25) is 0 Å². The first-order chi connectivity index (χ1) is 6.54. The summed E-state index contributed by atoms with van der Waals surface area (Å²) in [6.07, 6.45) is 0.800. The van der Waals surface area contributed by atoms with Crippen LogP contribution in [0.25, 0.3) is 0 Å². The fourth-order valence-electron chi connectivity index (χ4n) is 1.29. The normalized spacial score (nSPS) is 10.6. The van der Waals surface area contributed by atoms with E-state index in [9.17, 15) is 0 Å². The van der Waals surface area contributed by atoms with E-state index in [1.165, 1.54) is 11.1 Å². The molecule has 0 N–H and O–H groups in total. The molecule has 1 aromatic carbocycles. The Morgan fingerprint density at radius 3 is 2.14 bits per heavy atom. The van der Waals surface area contributed by atoms with E-state index in [1.807, 2.05) is 0 Å². The molecule has 73 valence electrons. The zero-order chi connectivity index (χ0) is 10.6. The van der Waals surface area contributed by atoms with Crippen LogP contribution in [0.15, 0.2) is 24.3 Å². The zero-order valence-electron chi connectivity index (χ0n) is 9.22. The van der Waals surface area contributed by atoms with E-state index < -0.39 is 0 Å². The summed E-state index contributed by atoms with van der Waals surface area (Å²) in [7, 11) is 0. The second kappa shape index (κ2) is 4.33. The maximum Gasteiger partial charge on any atom is 0.0340 e. The summed E-state index contributed by atoms with van der Waals surface area (Å²) >= 11 is 0. The minimum Gasteiger partial charge on any atom is -0.102 e. The molecule has 1 rings (SSSR count). The third-order valence-corrected chi connectivity index (χ3v) is 2.24. The van der Waals surface area contributed by atoms with Crippen LogP contribution in [0.4, 0.5) is 0 Å². The molecule has 1 aromatic rings. The zero-order valence-corrected chi connectivity index (χ0v) is 9.22. The van der Waals surface area contributed by atoms with Gasteiger partial charge in [0, 0.05) is 13.3 Å². The third kappa shape index (κ3) is 2.92. The van der Waals surface area contributed by atoms with Crippen LogP contribution in [-0.4, -0.2) is 0 Å². The van der Waals surface area contributed by atoms with Gasteiger partial charge in [0.15, 0.2) is 0 Å². The summed E-state index contributed by atoms with van der Waals surface area (Å²) in [6.45, 7) is 10.2. The van der Waals surface area contributed by atoms with Crippen molar-refractivity contribution in [1.29, 1.82) is 0 Å². The molecule has 0 spiro atoms. The van der Waals surface area contributed by atoms with Crippen LogP contribution in [0.1, 0.15) is 31.9 Å². The third-order valence-electron chi connectivity index (χ3n) is 2.24. The van der Waals surface area contributed by atoms with Crippen molar-refractivity contribution in [3.05, 3.63) is 42.3 Å². The average Bonchev–Trinajstić information content (AvgIpc) is 2.14. The molecule has 0 heteroatoms. The molecule has 0 amide bonds. The maximum absolute atomic E-state index is 3.50. The van der Waals surface area contributed by atoms with Gasteiger partial charge in [0.25, 0.3) is 0 Å². The van der Waals surface area contributed by atoms with Gasteiger partial charge in [0.2, 0.25) is 0 Å². The van der Waals surface area contributed by atoms with Crippen LogP contribution in [0.3, 0.4) is 0 Å². The second-order valence-corrected chi connectivity index (χ2v) is 4.48. The van der Waals surface area contributed by atoms with Crippen molar-refractivity contribution in [3.8, 4) is 11.8 Å². The smallest absolute Gasteiger partial charge is 0.0340 e. The fraction of sp³-hybridized carbons (Fsp3) is 0.357. The summed E-state index contributed by atoms with van der Waals surface area (Å²) in [5.74, 6) is 5.62. The average molecular weight is 185 g/mol. The number of rotatable bonds is 1. The lowest BCUT2D eigenvalue weighted by molar-refractivity contribution is 0.590. The highest BCUT2D eigenvalue weighted by molar-refractivity contribution is 5.29. The van der Waals surface area contributed by atoms with Crippen molar-refractivity contribution in [1.82, 2.24) is 0 Å². The van der Waals surface area contributed by atoms with E-state index in [0.717, 1.165) is 6.42 Å². The van der Waals surface area contributed by atoms with Gasteiger partial charge < -0.3 is 0 Å². The van der Waals surface area contributed by atoms with Gasteiger partial charge in [-0.2, -0.15) is 0 Å². The highest BCUT2D eigenvalue weighted by atomic mass is 14.2. The molecular formula is C14H17. The molecule has 14 heavy (non-hydrogen) atoms. The second-order valence-electron chi connectivity index (χ2n) is 4.48. The predicted molar refractivity (Wildman–Crippen MR) is 62.0 cm³/mol. The van der Waals surface area contributed by atoms with E-state index >= 15 is 0 Å². The molecule has 0 nitrogen and oxygen atoms in total. The van der Waals surface area contributed by atoms with E-state index in [1.54, 1.807) is 0 Å². The molecule has 0 atom stereocenters. The van der Waals surface area contributed by atoms with E-state index in [0.29, 0.717) is 0 Å². The number of hydrogen-bond acceptors (Lipinski definition) is 0. The maximum atomic E-state index is 3.50. The number of benzene rings is 1. The van der Waals surface area contributed by atoms with Gasteiger partial charge in [0.05, 0.1) is 0 Å². The van der Waals surface area contributed by atoms with Gasteiger partial charge >= 0.3 is 0 Å². The Morgan fingerprint density at radius 1 is 1.14 bits per heavy atom. The van der Waals surface area contributed by atoms with Crippen molar-refractivity contribution < 1.29 is 0 Å². The van der Waals surface area contributed by atoms with Crippen molar-refractivity contribution in [3.63, 3.8) is 0 Å². The molecule has 0 bridgehead atoms. The molecule has 0 saturated carbocycles. The monoisotopic (exact) mass is 185 g/mol. The van der Waals surface area contributed by atoms with E-state index in [4.69, 9.17) is 0 Å². The van der Waals surface area contributed by atoms with Crippen molar-refractivity contribution in [2.45, 2.75) is 32.6 Å². The lowest BCUT2D eigenvalue weighted by Gasteiger charge is -2.18. The quantitative estimate of drug-likeness (QED) is 0.588. The first kappa shape index (κ1) is 10.9. The van der Waals surface area contributed by atoms with Crippen LogP contribution in [-0.2, 0) is 11.8 Å².